The second-order valence-electron chi connectivity index (χ2n) is 8.84. The molecule has 1 aromatic rings. The number of halogens is 1. The Morgan fingerprint density at radius 3 is 0.818 bits per heavy atom. The topological polar surface area (TPSA) is 137 Å². The van der Waals surface area contributed by atoms with Gasteiger partial charge in [0.05, 0.1) is 145 Å². The van der Waals surface area contributed by atoms with Crippen LogP contribution >= 0.6 is 15.9 Å². The van der Waals surface area contributed by atoms with E-state index in [2.05, 4.69) is 15.9 Å². The van der Waals surface area contributed by atoms with E-state index in [1.165, 1.54) is 0 Å². The standard InChI is InChI=1S/C30H54BrNO12/c31-5-6-33-7-8-34-9-10-35-11-12-36-13-14-37-15-16-38-17-18-39-19-20-40-21-22-41-23-24-42-25-26-43-27-28-44-30-3-1-29(32)2-4-30/h1-4H,5-28,32H2. The molecule has 0 atom stereocenters. The fraction of sp³-hybridized carbons (Fsp3) is 0.800. The molecule has 0 aliphatic rings. The number of hydrogen-bond donors (Lipinski definition) is 1. The van der Waals surface area contributed by atoms with Crippen LogP contribution in [0.5, 0.6) is 5.75 Å². The first-order chi connectivity index (χ1) is 21.8. The van der Waals surface area contributed by atoms with Gasteiger partial charge in [-0.3, -0.25) is 0 Å². The Bertz CT molecular complexity index is 692. The highest BCUT2D eigenvalue weighted by Crippen LogP contribution is 2.12. The minimum atomic E-state index is 0.476. The fourth-order valence-electron chi connectivity index (χ4n) is 3.14. The van der Waals surface area contributed by atoms with Gasteiger partial charge in [0.1, 0.15) is 12.4 Å². The van der Waals surface area contributed by atoms with Crippen LogP contribution in [-0.4, -0.2) is 157 Å². The van der Waals surface area contributed by atoms with E-state index in [0.717, 1.165) is 11.1 Å². The highest BCUT2D eigenvalue weighted by atomic mass is 79.9. The first-order valence-electron chi connectivity index (χ1n) is 15.2. The van der Waals surface area contributed by atoms with E-state index in [-0.39, 0.29) is 0 Å². The van der Waals surface area contributed by atoms with Gasteiger partial charge < -0.3 is 62.6 Å². The van der Waals surface area contributed by atoms with Crippen LogP contribution in [0.2, 0.25) is 0 Å². The molecule has 0 aromatic heterocycles. The van der Waals surface area contributed by atoms with E-state index >= 15 is 0 Å². The maximum absolute atomic E-state index is 5.64. The highest BCUT2D eigenvalue weighted by molar-refractivity contribution is 9.09. The number of alkyl halides is 1. The number of benzene rings is 1. The summed E-state index contributed by atoms with van der Waals surface area (Å²) in [6, 6.07) is 7.26. The van der Waals surface area contributed by atoms with Crippen molar-refractivity contribution < 1.29 is 56.8 Å². The summed E-state index contributed by atoms with van der Waals surface area (Å²) in [6.45, 7) is 12.1. The molecule has 44 heavy (non-hydrogen) atoms. The molecule has 0 radical (unpaired) electrons. The van der Waals surface area contributed by atoms with Crippen LogP contribution in [-0.2, 0) is 52.1 Å². The van der Waals surface area contributed by atoms with E-state index in [0.29, 0.717) is 158 Å². The molecule has 1 aromatic carbocycles. The zero-order chi connectivity index (χ0) is 31.4. The van der Waals surface area contributed by atoms with Crippen molar-refractivity contribution in [3.05, 3.63) is 24.3 Å². The monoisotopic (exact) mass is 699 g/mol. The molecule has 14 heteroatoms. The Morgan fingerprint density at radius 1 is 0.341 bits per heavy atom. The summed E-state index contributed by atoms with van der Waals surface area (Å²) in [4.78, 5) is 0. The lowest BCUT2D eigenvalue weighted by molar-refractivity contribution is -0.0276. The van der Waals surface area contributed by atoms with Gasteiger partial charge in [-0.15, -0.1) is 0 Å². The molecular formula is C30H54BrNO12. The lowest BCUT2D eigenvalue weighted by Crippen LogP contribution is -2.15. The number of ether oxygens (including phenoxy) is 12. The molecule has 0 unspecified atom stereocenters. The molecule has 0 saturated carbocycles. The third-order valence-corrected chi connectivity index (χ3v) is 5.64. The molecule has 13 nitrogen and oxygen atoms in total. The second-order valence-corrected chi connectivity index (χ2v) is 9.64. The molecule has 0 aliphatic carbocycles. The van der Waals surface area contributed by atoms with Gasteiger partial charge in [-0.2, -0.15) is 0 Å². The minimum Gasteiger partial charge on any atom is -0.491 e. The normalized spacial score (nSPS) is 11.4. The van der Waals surface area contributed by atoms with Crippen molar-refractivity contribution in [3.8, 4) is 5.75 Å². The summed E-state index contributed by atoms with van der Waals surface area (Å²) < 4.78 is 65.4. The molecule has 0 fully saturated rings. The highest BCUT2D eigenvalue weighted by Gasteiger charge is 1.97. The van der Waals surface area contributed by atoms with Gasteiger partial charge in [-0.05, 0) is 24.3 Å². The zero-order valence-electron chi connectivity index (χ0n) is 26.1. The van der Waals surface area contributed by atoms with Gasteiger partial charge >= 0.3 is 0 Å². The van der Waals surface area contributed by atoms with Crippen LogP contribution in [0.15, 0.2) is 24.3 Å². The smallest absolute Gasteiger partial charge is 0.119 e. The van der Waals surface area contributed by atoms with Crippen LogP contribution in [0.3, 0.4) is 0 Å². The van der Waals surface area contributed by atoms with Crippen LogP contribution in [0.25, 0.3) is 0 Å². The number of rotatable bonds is 36. The van der Waals surface area contributed by atoms with Gasteiger partial charge in [0, 0.05) is 11.0 Å². The average molecular weight is 701 g/mol. The molecule has 0 amide bonds. The van der Waals surface area contributed by atoms with Crippen molar-refractivity contribution in [2.75, 3.05) is 163 Å². The first kappa shape index (κ1) is 40.9. The maximum Gasteiger partial charge on any atom is 0.119 e. The lowest BCUT2D eigenvalue weighted by atomic mass is 10.3. The number of nitrogens with two attached hydrogens (primary N) is 1. The lowest BCUT2D eigenvalue weighted by Gasteiger charge is -2.09. The molecular weight excluding hydrogens is 646 g/mol. The van der Waals surface area contributed by atoms with Crippen molar-refractivity contribution in [1.82, 2.24) is 0 Å². The van der Waals surface area contributed by atoms with Gasteiger partial charge in [-0.1, -0.05) is 15.9 Å². The summed E-state index contributed by atoms with van der Waals surface area (Å²) in [5.74, 6) is 0.772. The van der Waals surface area contributed by atoms with Crippen LogP contribution < -0.4 is 10.5 Å². The molecule has 1 rings (SSSR count). The molecule has 258 valence electrons. The molecule has 0 saturated heterocycles. The predicted octanol–water partition coefficient (Wildman–Crippen LogP) is 2.23. The average Bonchev–Trinajstić information content (AvgIpc) is 3.03. The summed E-state index contributed by atoms with van der Waals surface area (Å²) in [7, 11) is 0. The van der Waals surface area contributed by atoms with Crippen molar-refractivity contribution in [2.45, 2.75) is 0 Å². The van der Waals surface area contributed by atoms with E-state index in [9.17, 15) is 0 Å². The Morgan fingerprint density at radius 2 is 0.568 bits per heavy atom. The molecule has 0 aliphatic heterocycles. The second kappa shape index (κ2) is 34.7. The molecule has 0 bridgehead atoms. The Kier molecular flexibility index (Phi) is 32.3. The van der Waals surface area contributed by atoms with Crippen LogP contribution in [0, 0.1) is 0 Å². The van der Waals surface area contributed by atoms with E-state index in [1.807, 2.05) is 12.1 Å². The molecule has 0 heterocycles. The van der Waals surface area contributed by atoms with Crippen LogP contribution in [0.1, 0.15) is 0 Å². The Labute approximate surface area is 271 Å². The first-order valence-corrected chi connectivity index (χ1v) is 16.3. The number of hydrogen-bond acceptors (Lipinski definition) is 13. The molecule has 2 N–H and O–H groups in total. The SMILES string of the molecule is Nc1ccc(OCCOCCOCCOCCOCCOCCOCCOCCOCCOCCOCCOCCBr)cc1. The van der Waals surface area contributed by atoms with E-state index in [1.54, 1.807) is 12.1 Å². The van der Waals surface area contributed by atoms with Gasteiger partial charge in [0.25, 0.3) is 0 Å². The Balaban J connectivity index is 1.62. The third kappa shape index (κ3) is 30.9. The minimum absolute atomic E-state index is 0.476. The van der Waals surface area contributed by atoms with Crippen molar-refractivity contribution in [3.63, 3.8) is 0 Å². The van der Waals surface area contributed by atoms with E-state index in [4.69, 9.17) is 62.6 Å². The quantitative estimate of drug-likeness (QED) is 0.0623. The van der Waals surface area contributed by atoms with Crippen molar-refractivity contribution in [2.24, 2.45) is 0 Å². The zero-order valence-corrected chi connectivity index (χ0v) is 27.7. The summed E-state index contributed by atoms with van der Waals surface area (Å²) in [6.07, 6.45) is 0. The largest absolute Gasteiger partial charge is 0.491 e. The number of anilines is 1. The maximum atomic E-state index is 5.64. The van der Waals surface area contributed by atoms with Gasteiger partial charge in [0.15, 0.2) is 0 Å². The van der Waals surface area contributed by atoms with Gasteiger partial charge in [-0.25, -0.2) is 0 Å². The van der Waals surface area contributed by atoms with Crippen molar-refractivity contribution in [1.29, 1.82) is 0 Å². The summed E-state index contributed by atoms with van der Waals surface area (Å²) in [5.41, 5.74) is 6.35. The Hall–Kier alpha value is -1.14. The van der Waals surface area contributed by atoms with E-state index < -0.39 is 0 Å². The fourth-order valence-corrected chi connectivity index (χ4v) is 3.37. The summed E-state index contributed by atoms with van der Waals surface area (Å²) >= 11 is 3.30. The third-order valence-electron chi connectivity index (χ3n) is 5.32. The predicted molar refractivity (Wildman–Crippen MR) is 169 cm³/mol. The van der Waals surface area contributed by atoms with Crippen LogP contribution in [0.4, 0.5) is 5.69 Å². The number of nitrogen functional groups attached to an aromatic ring is 1. The summed E-state index contributed by atoms with van der Waals surface area (Å²) in [5, 5.41) is 0.837. The van der Waals surface area contributed by atoms with Crippen molar-refractivity contribution >= 4 is 21.6 Å². The molecule has 0 spiro atoms. The van der Waals surface area contributed by atoms with Gasteiger partial charge in [0.2, 0.25) is 0 Å².